The van der Waals surface area contributed by atoms with Crippen molar-refractivity contribution in [3.63, 3.8) is 0 Å². The number of halogens is 1. The van der Waals surface area contributed by atoms with Crippen molar-refractivity contribution >= 4 is 31.9 Å². The van der Waals surface area contributed by atoms with Crippen LogP contribution < -0.4 is 0 Å². The topological polar surface area (TPSA) is 60.9 Å². The van der Waals surface area contributed by atoms with Crippen molar-refractivity contribution in [1.82, 2.24) is 14.1 Å². The summed E-state index contributed by atoms with van der Waals surface area (Å²) in [6.45, 7) is 6.13. The molecule has 0 bridgehead atoms. The van der Waals surface area contributed by atoms with Crippen molar-refractivity contribution < 1.29 is 13.2 Å². The zero-order valence-corrected chi connectivity index (χ0v) is 18.3. The van der Waals surface area contributed by atoms with Crippen molar-refractivity contribution in [3.8, 4) is 0 Å². The molecule has 0 unspecified atom stereocenters. The number of likely N-dealkylation sites (tertiary alicyclic amines) is 1. The van der Waals surface area contributed by atoms with Gasteiger partial charge in [-0.2, -0.15) is 4.31 Å². The van der Waals surface area contributed by atoms with E-state index in [9.17, 15) is 13.2 Å². The highest BCUT2D eigenvalue weighted by molar-refractivity contribution is 9.10. The van der Waals surface area contributed by atoms with Crippen molar-refractivity contribution in [2.24, 2.45) is 0 Å². The van der Waals surface area contributed by atoms with Crippen LogP contribution >= 0.6 is 15.9 Å². The van der Waals surface area contributed by atoms with Crippen LogP contribution in [0.25, 0.3) is 0 Å². The van der Waals surface area contributed by atoms with Gasteiger partial charge in [-0.15, -0.1) is 0 Å². The first kappa shape index (κ1) is 21.3. The number of benzene rings is 1. The first-order valence-electron chi connectivity index (χ1n) is 8.84. The van der Waals surface area contributed by atoms with Crippen LogP contribution in [-0.2, 0) is 14.8 Å². The molecule has 1 fully saturated rings. The van der Waals surface area contributed by atoms with E-state index in [1.807, 2.05) is 0 Å². The largest absolute Gasteiger partial charge is 0.342 e. The molecule has 0 saturated carbocycles. The van der Waals surface area contributed by atoms with Gasteiger partial charge in [0, 0.05) is 43.7 Å². The van der Waals surface area contributed by atoms with Crippen molar-refractivity contribution in [1.29, 1.82) is 0 Å². The van der Waals surface area contributed by atoms with E-state index in [-0.39, 0.29) is 23.4 Å². The lowest BCUT2D eigenvalue weighted by molar-refractivity contribution is -0.132. The minimum atomic E-state index is -3.68. The number of amides is 1. The van der Waals surface area contributed by atoms with Gasteiger partial charge in [0.25, 0.3) is 0 Å². The third-order valence-corrected chi connectivity index (χ3v) is 7.40. The summed E-state index contributed by atoms with van der Waals surface area (Å²) in [5.41, 5.74) is 0. The zero-order valence-electron chi connectivity index (χ0n) is 15.9. The minimum absolute atomic E-state index is 0.153. The van der Waals surface area contributed by atoms with Gasteiger partial charge in [0.05, 0.1) is 11.4 Å². The van der Waals surface area contributed by atoms with E-state index < -0.39 is 10.0 Å². The van der Waals surface area contributed by atoms with E-state index in [2.05, 4.69) is 34.7 Å². The summed E-state index contributed by atoms with van der Waals surface area (Å²) in [6.07, 6.45) is 1.84. The second kappa shape index (κ2) is 8.82. The molecule has 26 heavy (non-hydrogen) atoms. The van der Waals surface area contributed by atoms with E-state index in [1.54, 1.807) is 24.1 Å². The molecule has 1 amide bonds. The van der Waals surface area contributed by atoms with Crippen LogP contribution in [0.3, 0.4) is 0 Å². The van der Waals surface area contributed by atoms with Crippen LogP contribution in [0.4, 0.5) is 0 Å². The number of likely N-dealkylation sites (N-methyl/N-ethyl adjacent to an activating group) is 2. The summed E-state index contributed by atoms with van der Waals surface area (Å²) in [5, 5.41) is 0. The van der Waals surface area contributed by atoms with Gasteiger partial charge < -0.3 is 9.80 Å². The van der Waals surface area contributed by atoms with Gasteiger partial charge in [-0.05, 0) is 51.0 Å². The Morgan fingerprint density at radius 2 is 1.73 bits per heavy atom. The second-order valence-corrected chi connectivity index (χ2v) is 10.0. The van der Waals surface area contributed by atoms with Gasteiger partial charge in [-0.25, -0.2) is 8.42 Å². The highest BCUT2D eigenvalue weighted by atomic mass is 79.9. The number of nitrogens with zero attached hydrogens (tertiary/aromatic N) is 3. The molecule has 0 aromatic heterocycles. The minimum Gasteiger partial charge on any atom is -0.342 e. The molecular formula is C18H28BrN3O3S. The molecule has 0 aliphatic carbocycles. The van der Waals surface area contributed by atoms with Crippen LogP contribution in [0.15, 0.2) is 33.6 Å². The van der Waals surface area contributed by atoms with Gasteiger partial charge in [0.15, 0.2) is 0 Å². The Balaban J connectivity index is 1.97. The number of hydrogen-bond donors (Lipinski definition) is 0. The van der Waals surface area contributed by atoms with E-state index in [1.165, 1.54) is 19.2 Å². The number of hydrogen-bond acceptors (Lipinski definition) is 4. The van der Waals surface area contributed by atoms with Crippen LogP contribution in [0.1, 0.15) is 26.7 Å². The third-order valence-electron chi connectivity index (χ3n) is 5.05. The fraction of sp³-hybridized carbons (Fsp3) is 0.611. The molecular weight excluding hydrogens is 418 g/mol. The van der Waals surface area contributed by atoms with Gasteiger partial charge in [0.1, 0.15) is 0 Å². The Morgan fingerprint density at radius 3 is 2.23 bits per heavy atom. The molecule has 0 N–H and O–H groups in total. The molecule has 1 heterocycles. The molecule has 1 aliphatic rings. The number of carbonyl (C=O) groups is 1. The normalized spacial score (nSPS) is 17.0. The third kappa shape index (κ3) is 5.06. The van der Waals surface area contributed by atoms with Gasteiger partial charge in [0.2, 0.25) is 15.9 Å². The molecule has 146 valence electrons. The number of carbonyl (C=O) groups excluding carboxylic acids is 1. The predicted octanol–water partition coefficient (Wildman–Crippen LogP) is 2.40. The lowest BCUT2D eigenvalue weighted by Gasteiger charge is -2.38. The van der Waals surface area contributed by atoms with Crippen LogP contribution in [0.2, 0.25) is 0 Å². The Labute approximate surface area is 165 Å². The van der Waals surface area contributed by atoms with Gasteiger partial charge in [-0.1, -0.05) is 15.9 Å². The zero-order chi connectivity index (χ0) is 19.5. The van der Waals surface area contributed by atoms with Gasteiger partial charge >= 0.3 is 0 Å². The Morgan fingerprint density at radius 1 is 1.19 bits per heavy atom. The average molecular weight is 446 g/mol. The first-order valence-corrected chi connectivity index (χ1v) is 11.1. The molecule has 6 nitrogen and oxygen atoms in total. The summed E-state index contributed by atoms with van der Waals surface area (Å²) < 4.78 is 27.2. The average Bonchev–Trinajstić information content (AvgIpc) is 2.61. The SMILES string of the molecule is CC(C)N1CCC(N(C)C(=O)CN(C)S(=O)(=O)c2ccc(Br)cc2)CC1. The Bertz CT molecular complexity index is 714. The van der Waals surface area contributed by atoms with E-state index in [0.717, 1.165) is 34.7 Å². The molecule has 0 spiro atoms. The molecule has 8 heteroatoms. The summed E-state index contributed by atoms with van der Waals surface area (Å²) in [4.78, 5) is 16.9. The number of piperidine rings is 1. The lowest BCUT2D eigenvalue weighted by atomic mass is 10.0. The molecule has 0 atom stereocenters. The standard InChI is InChI=1S/C18H28BrN3O3S/c1-14(2)22-11-9-16(10-12-22)21(4)18(23)13-20(3)26(24,25)17-7-5-15(19)6-8-17/h5-8,14,16H,9-13H2,1-4H3. The van der Waals surface area contributed by atoms with Gasteiger partial charge in [-0.3, -0.25) is 4.79 Å². The fourth-order valence-corrected chi connectivity index (χ4v) is 4.55. The van der Waals surface area contributed by atoms with E-state index >= 15 is 0 Å². The summed E-state index contributed by atoms with van der Waals surface area (Å²) in [6, 6.07) is 7.10. The monoisotopic (exact) mass is 445 g/mol. The first-order chi connectivity index (χ1) is 12.1. The van der Waals surface area contributed by atoms with Crippen LogP contribution in [0, 0.1) is 0 Å². The Hall–Kier alpha value is -0.960. The number of sulfonamides is 1. The predicted molar refractivity (Wildman–Crippen MR) is 106 cm³/mol. The van der Waals surface area contributed by atoms with Crippen LogP contribution in [-0.4, -0.2) is 74.2 Å². The fourth-order valence-electron chi connectivity index (χ4n) is 3.17. The molecule has 0 radical (unpaired) electrons. The molecule has 1 aromatic rings. The maximum atomic E-state index is 12.6. The lowest BCUT2D eigenvalue weighted by Crippen LogP contribution is -2.49. The highest BCUT2D eigenvalue weighted by Gasteiger charge is 2.29. The van der Waals surface area contributed by atoms with Crippen molar-refractivity contribution in [3.05, 3.63) is 28.7 Å². The second-order valence-electron chi connectivity index (χ2n) is 7.08. The highest BCUT2D eigenvalue weighted by Crippen LogP contribution is 2.20. The van der Waals surface area contributed by atoms with Crippen molar-refractivity contribution in [2.45, 2.75) is 43.7 Å². The molecule has 1 aromatic carbocycles. The molecule has 2 rings (SSSR count). The van der Waals surface area contributed by atoms with E-state index in [4.69, 9.17) is 0 Å². The maximum absolute atomic E-state index is 12.6. The number of rotatable bonds is 6. The smallest absolute Gasteiger partial charge is 0.243 e. The van der Waals surface area contributed by atoms with Crippen LogP contribution in [0.5, 0.6) is 0 Å². The summed E-state index contributed by atoms with van der Waals surface area (Å²) >= 11 is 3.29. The molecule has 1 aliphatic heterocycles. The van der Waals surface area contributed by atoms with Crippen molar-refractivity contribution in [2.75, 3.05) is 33.7 Å². The molecule has 1 saturated heterocycles. The summed E-state index contributed by atoms with van der Waals surface area (Å²) in [7, 11) is -0.453. The maximum Gasteiger partial charge on any atom is 0.243 e. The Kier molecular flexibility index (Phi) is 7.24. The van der Waals surface area contributed by atoms with E-state index in [0.29, 0.717) is 6.04 Å². The quantitative estimate of drug-likeness (QED) is 0.674. The summed E-state index contributed by atoms with van der Waals surface area (Å²) in [5.74, 6) is -0.170.